The fourth-order valence-corrected chi connectivity index (χ4v) is 1.77. The summed E-state index contributed by atoms with van der Waals surface area (Å²) in [5.41, 5.74) is 2.14. The van der Waals surface area contributed by atoms with E-state index < -0.39 is 0 Å². The van der Waals surface area contributed by atoms with Crippen LogP contribution in [0.15, 0.2) is 18.3 Å². The number of hydrogen-bond donors (Lipinski definition) is 1. The van der Waals surface area contributed by atoms with Crippen LogP contribution in [0.1, 0.15) is 18.2 Å². The number of methoxy groups -OCH3 is 1. The highest BCUT2D eigenvalue weighted by molar-refractivity contribution is 6.28. The van der Waals surface area contributed by atoms with Gasteiger partial charge in [-0.15, -0.1) is 0 Å². The van der Waals surface area contributed by atoms with Gasteiger partial charge in [-0.25, -0.2) is 0 Å². The highest BCUT2D eigenvalue weighted by atomic mass is 35.5. The zero-order chi connectivity index (χ0) is 13.7. The first-order chi connectivity index (χ1) is 9.22. The quantitative estimate of drug-likeness (QED) is 0.904. The molecule has 2 rings (SSSR count). The van der Waals surface area contributed by atoms with Crippen LogP contribution in [0, 0.1) is 0 Å². The topological polar surface area (TPSA) is 72.8 Å². The molecule has 0 fully saturated rings. The van der Waals surface area contributed by atoms with Gasteiger partial charge in [-0.3, -0.25) is 4.98 Å². The Morgan fingerprint density at radius 3 is 2.89 bits per heavy atom. The van der Waals surface area contributed by atoms with Crippen molar-refractivity contribution in [3.05, 3.63) is 34.9 Å². The fourth-order valence-electron chi connectivity index (χ4n) is 1.62. The van der Waals surface area contributed by atoms with E-state index in [1.807, 2.05) is 12.1 Å². The van der Waals surface area contributed by atoms with Crippen molar-refractivity contribution in [2.24, 2.45) is 0 Å². The maximum atomic E-state index is 5.77. The molecule has 2 aromatic heterocycles. The summed E-state index contributed by atoms with van der Waals surface area (Å²) in [6, 6.07) is 4.15. The number of aryl methyl sites for hydroxylation is 1. The third-order valence-corrected chi connectivity index (χ3v) is 2.72. The van der Waals surface area contributed by atoms with E-state index in [4.69, 9.17) is 16.3 Å². The first kappa shape index (κ1) is 13.5. The van der Waals surface area contributed by atoms with Crippen LogP contribution < -0.4 is 10.1 Å². The van der Waals surface area contributed by atoms with Gasteiger partial charge in [0, 0.05) is 6.20 Å². The van der Waals surface area contributed by atoms with Gasteiger partial charge in [0.15, 0.2) is 0 Å². The van der Waals surface area contributed by atoms with E-state index in [2.05, 4.69) is 32.2 Å². The number of halogens is 1. The highest BCUT2D eigenvalue weighted by Crippen LogP contribution is 2.12. The van der Waals surface area contributed by atoms with E-state index in [9.17, 15) is 0 Å². The summed E-state index contributed by atoms with van der Waals surface area (Å²) in [7, 11) is 1.48. The van der Waals surface area contributed by atoms with Gasteiger partial charge in [-0.1, -0.05) is 13.0 Å². The van der Waals surface area contributed by atoms with E-state index in [0.717, 1.165) is 12.1 Å². The van der Waals surface area contributed by atoms with Crippen LogP contribution in [-0.4, -0.2) is 27.0 Å². The Bertz CT molecular complexity index is 564. The lowest BCUT2D eigenvalue weighted by molar-refractivity contribution is 0.379. The summed E-state index contributed by atoms with van der Waals surface area (Å²) < 4.78 is 4.93. The lowest BCUT2D eigenvalue weighted by atomic mass is 10.1. The second-order valence-corrected chi connectivity index (χ2v) is 4.07. The van der Waals surface area contributed by atoms with Crippen LogP contribution in [0.3, 0.4) is 0 Å². The van der Waals surface area contributed by atoms with Crippen molar-refractivity contribution in [1.29, 1.82) is 0 Å². The van der Waals surface area contributed by atoms with Gasteiger partial charge in [-0.2, -0.15) is 15.0 Å². The minimum atomic E-state index is 0.0890. The molecule has 2 aromatic rings. The monoisotopic (exact) mass is 279 g/mol. The molecule has 0 spiro atoms. The number of pyridine rings is 1. The first-order valence-electron chi connectivity index (χ1n) is 5.85. The molecule has 0 amide bonds. The SMILES string of the molecule is CCc1cccnc1CNc1nc(Cl)nc(OC)n1. The Labute approximate surface area is 116 Å². The molecular weight excluding hydrogens is 266 g/mol. The third kappa shape index (κ3) is 3.51. The maximum Gasteiger partial charge on any atom is 0.322 e. The number of nitrogens with one attached hydrogen (secondary N) is 1. The van der Waals surface area contributed by atoms with E-state index >= 15 is 0 Å². The molecule has 0 saturated heterocycles. The molecular formula is C12H14ClN5O. The van der Waals surface area contributed by atoms with Crippen molar-refractivity contribution in [3.8, 4) is 6.01 Å². The molecule has 6 nitrogen and oxygen atoms in total. The number of rotatable bonds is 5. The summed E-state index contributed by atoms with van der Waals surface area (Å²) in [6.07, 6.45) is 2.68. The summed E-state index contributed by atoms with van der Waals surface area (Å²) in [5, 5.41) is 3.15. The molecule has 0 radical (unpaired) electrons. The lowest BCUT2D eigenvalue weighted by Crippen LogP contribution is -2.08. The molecule has 7 heteroatoms. The van der Waals surface area contributed by atoms with Crippen molar-refractivity contribution in [3.63, 3.8) is 0 Å². The second kappa shape index (κ2) is 6.29. The normalized spacial score (nSPS) is 10.3. The summed E-state index contributed by atoms with van der Waals surface area (Å²) in [5.74, 6) is 0.365. The number of hydrogen-bond acceptors (Lipinski definition) is 6. The van der Waals surface area contributed by atoms with Gasteiger partial charge >= 0.3 is 6.01 Å². The Balaban J connectivity index is 2.12. The van der Waals surface area contributed by atoms with E-state index in [1.54, 1.807) is 6.20 Å². The minimum Gasteiger partial charge on any atom is -0.467 e. The number of anilines is 1. The predicted octanol–water partition coefficient (Wildman–Crippen LogP) is 2.10. The van der Waals surface area contributed by atoms with Crippen LogP contribution in [0.5, 0.6) is 6.01 Å². The van der Waals surface area contributed by atoms with Crippen LogP contribution >= 0.6 is 11.6 Å². The van der Waals surface area contributed by atoms with Crippen molar-refractivity contribution in [2.75, 3.05) is 12.4 Å². The Hall–Kier alpha value is -1.95. The summed E-state index contributed by atoms with van der Waals surface area (Å²) in [6.45, 7) is 2.61. The van der Waals surface area contributed by atoms with Gasteiger partial charge in [0.2, 0.25) is 11.2 Å². The average Bonchev–Trinajstić information content (AvgIpc) is 2.44. The van der Waals surface area contributed by atoms with Crippen molar-refractivity contribution in [2.45, 2.75) is 19.9 Å². The first-order valence-corrected chi connectivity index (χ1v) is 6.23. The van der Waals surface area contributed by atoms with Crippen LogP contribution in [0.4, 0.5) is 5.95 Å². The Morgan fingerprint density at radius 2 is 2.16 bits per heavy atom. The molecule has 0 aliphatic heterocycles. The van der Waals surface area contributed by atoms with E-state index in [0.29, 0.717) is 12.5 Å². The fraction of sp³-hybridized carbons (Fsp3) is 0.333. The smallest absolute Gasteiger partial charge is 0.322 e. The third-order valence-electron chi connectivity index (χ3n) is 2.55. The van der Waals surface area contributed by atoms with Crippen LogP contribution in [0.2, 0.25) is 5.28 Å². The van der Waals surface area contributed by atoms with Gasteiger partial charge in [-0.05, 0) is 29.7 Å². The molecule has 0 aliphatic carbocycles. The van der Waals surface area contributed by atoms with Gasteiger partial charge in [0.25, 0.3) is 0 Å². The Morgan fingerprint density at radius 1 is 1.32 bits per heavy atom. The van der Waals surface area contributed by atoms with Gasteiger partial charge < -0.3 is 10.1 Å². The molecule has 0 unspecified atom stereocenters. The number of aromatic nitrogens is 4. The van der Waals surface area contributed by atoms with Crippen molar-refractivity contribution >= 4 is 17.5 Å². The van der Waals surface area contributed by atoms with Gasteiger partial charge in [0.05, 0.1) is 19.3 Å². The molecule has 19 heavy (non-hydrogen) atoms. The minimum absolute atomic E-state index is 0.0890. The highest BCUT2D eigenvalue weighted by Gasteiger charge is 2.06. The zero-order valence-electron chi connectivity index (χ0n) is 10.7. The number of ether oxygens (including phenoxy) is 1. The van der Waals surface area contributed by atoms with E-state index in [-0.39, 0.29) is 11.3 Å². The Kier molecular flexibility index (Phi) is 4.46. The molecule has 100 valence electrons. The van der Waals surface area contributed by atoms with Gasteiger partial charge in [0.1, 0.15) is 0 Å². The molecule has 0 aliphatic rings. The lowest BCUT2D eigenvalue weighted by Gasteiger charge is -2.08. The molecule has 2 heterocycles. The summed E-state index contributed by atoms with van der Waals surface area (Å²) in [4.78, 5) is 16.2. The molecule has 0 bridgehead atoms. The largest absolute Gasteiger partial charge is 0.467 e. The van der Waals surface area contributed by atoms with Crippen LogP contribution in [0.25, 0.3) is 0 Å². The summed E-state index contributed by atoms with van der Waals surface area (Å²) >= 11 is 5.77. The van der Waals surface area contributed by atoms with Crippen molar-refractivity contribution in [1.82, 2.24) is 19.9 Å². The molecule has 0 saturated carbocycles. The molecule has 1 N–H and O–H groups in total. The number of nitrogens with zero attached hydrogens (tertiary/aromatic N) is 4. The average molecular weight is 280 g/mol. The van der Waals surface area contributed by atoms with E-state index in [1.165, 1.54) is 12.7 Å². The standard InChI is InChI=1S/C12H14ClN5O/c1-3-8-5-4-6-14-9(8)7-15-11-16-10(13)17-12(18-11)19-2/h4-6H,3,7H2,1-2H3,(H,15,16,17,18). The second-order valence-electron chi connectivity index (χ2n) is 3.73. The van der Waals surface area contributed by atoms with Crippen molar-refractivity contribution < 1.29 is 4.74 Å². The molecule has 0 atom stereocenters. The van der Waals surface area contributed by atoms with Crippen LogP contribution in [-0.2, 0) is 13.0 Å². The predicted molar refractivity (Wildman–Crippen MR) is 72.3 cm³/mol. The zero-order valence-corrected chi connectivity index (χ0v) is 11.5. The molecule has 0 aromatic carbocycles. The maximum absolute atomic E-state index is 5.77.